The van der Waals surface area contributed by atoms with Gasteiger partial charge in [-0.3, -0.25) is 4.79 Å². The van der Waals surface area contributed by atoms with Crippen LogP contribution in [0.5, 0.6) is 5.75 Å². The Kier molecular flexibility index (Phi) is 4.56. The Labute approximate surface area is 154 Å². The normalized spacial score (nSPS) is 18.9. The van der Waals surface area contributed by atoms with Gasteiger partial charge < -0.3 is 15.8 Å². The van der Waals surface area contributed by atoms with Gasteiger partial charge in [0.05, 0.1) is 36.3 Å². The molecule has 0 aliphatic heterocycles. The molecule has 1 aromatic heterocycles. The maximum atomic E-state index is 12.4. The summed E-state index contributed by atoms with van der Waals surface area (Å²) in [4.78, 5) is 12.4. The van der Waals surface area contributed by atoms with E-state index in [1.165, 1.54) is 0 Å². The monoisotopic (exact) mass is 356 g/mol. The predicted molar refractivity (Wildman–Crippen MR) is 101 cm³/mol. The van der Waals surface area contributed by atoms with Crippen LogP contribution in [0.3, 0.4) is 0 Å². The van der Waals surface area contributed by atoms with Crippen molar-refractivity contribution < 1.29 is 9.53 Å². The molecule has 0 radical (unpaired) electrons. The van der Waals surface area contributed by atoms with Gasteiger partial charge in [0.25, 0.3) is 0 Å². The van der Waals surface area contributed by atoms with E-state index >= 15 is 0 Å². The summed E-state index contributed by atoms with van der Waals surface area (Å²) in [5.41, 5.74) is 8.28. The summed E-state index contributed by atoms with van der Waals surface area (Å²) in [7, 11) is 1.65. The number of fused-ring (bicyclic) bond motifs is 1. The van der Waals surface area contributed by atoms with Gasteiger partial charge in [0, 0.05) is 5.56 Å². The minimum atomic E-state index is -0.909. The highest BCUT2D eigenvalue weighted by Gasteiger charge is 2.37. The first-order valence-electron chi connectivity index (χ1n) is 8.92. The van der Waals surface area contributed by atoms with E-state index in [9.17, 15) is 4.79 Å². The van der Waals surface area contributed by atoms with Gasteiger partial charge in [-0.2, -0.15) is 5.10 Å². The van der Waals surface area contributed by atoms with Crippen LogP contribution in [0.15, 0.2) is 30.5 Å². The molecule has 140 valence electrons. The van der Waals surface area contributed by atoms with E-state index in [0.717, 1.165) is 35.5 Å². The quantitative estimate of drug-likeness (QED) is 0.882. The van der Waals surface area contributed by atoms with Crippen LogP contribution in [0, 0.1) is 5.41 Å². The van der Waals surface area contributed by atoms with Crippen molar-refractivity contribution in [3.05, 3.63) is 41.7 Å². The van der Waals surface area contributed by atoms with Crippen molar-refractivity contribution in [2.75, 3.05) is 7.11 Å². The van der Waals surface area contributed by atoms with Crippen molar-refractivity contribution in [3.8, 4) is 11.4 Å². The number of hydrogen-bond donors (Lipinski definition) is 2. The Morgan fingerprint density at radius 3 is 2.58 bits per heavy atom. The summed E-state index contributed by atoms with van der Waals surface area (Å²) in [5.74, 6) is 0.661. The van der Waals surface area contributed by atoms with Crippen LogP contribution in [0.4, 0.5) is 0 Å². The summed E-state index contributed by atoms with van der Waals surface area (Å²) in [6.45, 7) is 7.87. The van der Waals surface area contributed by atoms with Crippen LogP contribution in [0.25, 0.3) is 5.69 Å². The number of rotatable bonds is 4. The molecule has 0 unspecified atom stereocenters. The second-order valence-electron chi connectivity index (χ2n) is 8.45. The number of amides is 1. The first-order valence-corrected chi connectivity index (χ1v) is 8.92. The van der Waals surface area contributed by atoms with Crippen LogP contribution in [-0.2, 0) is 11.2 Å². The first kappa shape index (κ1) is 18.5. The summed E-state index contributed by atoms with van der Waals surface area (Å²) >= 11 is 0. The lowest BCUT2D eigenvalue weighted by Gasteiger charge is -2.37. The molecule has 3 rings (SSSR count). The van der Waals surface area contributed by atoms with E-state index in [1.807, 2.05) is 35.1 Å². The minimum absolute atomic E-state index is 0.0495. The van der Waals surface area contributed by atoms with E-state index in [1.54, 1.807) is 21.0 Å². The number of nitrogens with two attached hydrogens (primary N) is 1. The number of aromatic nitrogens is 2. The zero-order valence-corrected chi connectivity index (χ0v) is 16.2. The highest BCUT2D eigenvalue weighted by atomic mass is 16.5. The molecule has 26 heavy (non-hydrogen) atoms. The van der Waals surface area contributed by atoms with Crippen molar-refractivity contribution in [2.24, 2.45) is 11.1 Å². The van der Waals surface area contributed by atoms with Gasteiger partial charge >= 0.3 is 0 Å². The van der Waals surface area contributed by atoms with E-state index in [-0.39, 0.29) is 17.4 Å². The maximum absolute atomic E-state index is 12.4. The smallest absolute Gasteiger partial charge is 0.239 e. The summed E-state index contributed by atoms with van der Waals surface area (Å²) < 4.78 is 7.20. The molecule has 1 atom stereocenters. The molecular formula is C20H28N4O2. The third kappa shape index (κ3) is 3.60. The van der Waals surface area contributed by atoms with Crippen LogP contribution in [0.1, 0.15) is 51.4 Å². The number of benzene rings is 1. The molecule has 0 saturated heterocycles. The standard InChI is InChI=1S/C20H28N4O2/c1-19(2)10-16(23-18(25)20(3,4)21)15-12-22-24(17(15)11-19)13-6-8-14(26-5)9-7-13/h6-9,12,16H,10-11,21H2,1-5H3,(H,23,25)/t16-/m0/s1. The fraction of sp³-hybridized carbons (Fsp3) is 0.500. The Morgan fingerprint density at radius 1 is 1.35 bits per heavy atom. The van der Waals surface area contributed by atoms with Crippen molar-refractivity contribution in [2.45, 2.75) is 52.1 Å². The van der Waals surface area contributed by atoms with E-state index in [0.29, 0.717) is 0 Å². The first-order chi connectivity index (χ1) is 12.1. The molecule has 0 bridgehead atoms. The van der Waals surface area contributed by atoms with Gasteiger partial charge in [-0.15, -0.1) is 0 Å². The summed E-state index contributed by atoms with van der Waals surface area (Å²) in [6.07, 6.45) is 3.62. The average molecular weight is 356 g/mol. The van der Waals surface area contributed by atoms with E-state index in [2.05, 4.69) is 24.3 Å². The lowest BCUT2D eigenvalue weighted by atomic mass is 9.74. The molecule has 0 fully saturated rings. The van der Waals surface area contributed by atoms with E-state index < -0.39 is 5.54 Å². The van der Waals surface area contributed by atoms with Crippen LogP contribution < -0.4 is 15.8 Å². The number of methoxy groups -OCH3 is 1. The van der Waals surface area contributed by atoms with Gasteiger partial charge in [0.15, 0.2) is 0 Å². The van der Waals surface area contributed by atoms with Gasteiger partial charge in [0.2, 0.25) is 5.91 Å². The number of ether oxygens (including phenoxy) is 1. The maximum Gasteiger partial charge on any atom is 0.239 e. The fourth-order valence-corrected chi connectivity index (χ4v) is 3.46. The molecular weight excluding hydrogens is 328 g/mol. The zero-order valence-electron chi connectivity index (χ0n) is 16.2. The van der Waals surface area contributed by atoms with Gasteiger partial charge in [-0.25, -0.2) is 4.68 Å². The molecule has 1 heterocycles. The number of nitrogens with one attached hydrogen (secondary N) is 1. The number of nitrogens with zero attached hydrogens (tertiary/aromatic N) is 2. The Morgan fingerprint density at radius 2 is 2.00 bits per heavy atom. The highest BCUT2D eigenvalue weighted by molar-refractivity contribution is 5.85. The largest absolute Gasteiger partial charge is 0.497 e. The molecule has 6 heteroatoms. The van der Waals surface area contributed by atoms with Gasteiger partial charge in [-0.1, -0.05) is 13.8 Å². The second-order valence-corrected chi connectivity index (χ2v) is 8.45. The van der Waals surface area contributed by atoms with Gasteiger partial charge in [-0.05, 0) is 56.4 Å². The van der Waals surface area contributed by atoms with Gasteiger partial charge in [0.1, 0.15) is 5.75 Å². The molecule has 6 nitrogen and oxygen atoms in total. The predicted octanol–water partition coefficient (Wildman–Crippen LogP) is 2.75. The molecule has 0 spiro atoms. The zero-order chi connectivity index (χ0) is 19.1. The lowest BCUT2D eigenvalue weighted by Crippen LogP contribution is -2.51. The average Bonchev–Trinajstić information content (AvgIpc) is 2.96. The minimum Gasteiger partial charge on any atom is -0.497 e. The van der Waals surface area contributed by atoms with Crippen molar-refractivity contribution in [3.63, 3.8) is 0 Å². The molecule has 1 aliphatic carbocycles. The lowest BCUT2D eigenvalue weighted by molar-refractivity contribution is -0.126. The Hall–Kier alpha value is -2.34. The number of carbonyl (C=O) groups is 1. The topological polar surface area (TPSA) is 82.2 Å². The van der Waals surface area contributed by atoms with E-state index in [4.69, 9.17) is 10.5 Å². The molecule has 1 aromatic carbocycles. The molecule has 3 N–H and O–H groups in total. The SMILES string of the molecule is COc1ccc(-n2ncc3c2CC(C)(C)C[C@@H]3NC(=O)C(C)(C)N)cc1. The Balaban J connectivity index is 1.97. The third-order valence-electron chi connectivity index (χ3n) is 4.89. The van der Waals surface area contributed by atoms with Crippen LogP contribution in [-0.4, -0.2) is 28.3 Å². The third-order valence-corrected chi connectivity index (χ3v) is 4.89. The van der Waals surface area contributed by atoms with Crippen molar-refractivity contribution >= 4 is 5.91 Å². The van der Waals surface area contributed by atoms with Crippen molar-refractivity contribution in [1.82, 2.24) is 15.1 Å². The van der Waals surface area contributed by atoms with Crippen LogP contribution >= 0.6 is 0 Å². The van der Waals surface area contributed by atoms with Crippen molar-refractivity contribution in [1.29, 1.82) is 0 Å². The summed E-state index contributed by atoms with van der Waals surface area (Å²) in [5, 5.41) is 7.72. The molecule has 1 amide bonds. The highest BCUT2D eigenvalue weighted by Crippen LogP contribution is 2.41. The number of hydrogen-bond acceptors (Lipinski definition) is 4. The number of carbonyl (C=O) groups excluding carboxylic acids is 1. The fourth-order valence-electron chi connectivity index (χ4n) is 3.46. The molecule has 2 aromatic rings. The molecule has 0 saturated carbocycles. The Bertz CT molecular complexity index is 800. The second kappa shape index (κ2) is 6.43. The van der Waals surface area contributed by atoms with Crippen LogP contribution in [0.2, 0.25) is 0 Å². The summed E-state index contributed by atoms with van der Waals surface area (Å²) in [6, 6.07) is 7.74. The molecule has 1 aliphatic rings.